The van der Waals surface area contributed by atoms with Crippen LogP contribution in [0.5, 0.6) is 0 Å². The van der Waals surface area contributed by atoms with Crippen LogP contribution in [0, 0.1) is 5.41 Å². The average molecular weight is 313 g/mol. The number of hydrogen-bond donors (Lipinski definition) is 1. The van der Waals surface area contributed by atoms with Crippen molar-refractivity contribution >= 4 is 28.8 Å². The Kier molecular flexibility index (Phi) is 5.24. The molecule has 0 unspecified atom stereocenters. The summed E-state index contributed by atoms with van der Waals surface area (Å²) in [6, 6.07) is 3.84. The van der Waals surface area contributed by atoms with Gasteiger partial charge in [0.05, 0.1) is 16.3 Å². The summed E-state index contributed by atoms with van der Waals surface area (Å²) in [5.74, 6) is 0.168. The van der Waals surface area contributed by atoms with E-state index in [2.05, 4.69) is 6.58 Å². The van der Waals surface area contributed by atoms with Gasteiger partial charge in [-0.2, -0.15) is 0 Å². The molecular weight excluding hydrogens is 292 g/mol. The van der Waals surface area contributed by atoms with Crippen LogP contribution in [0.4, 0.5) is 0 Å². The lowest BCUT2D eigenvalue weighted by molar-refractivity contribution is -0.141. The second-order valence-electron chi connectivity index (χ2n) is 5.37. The van der Waals surface area contributed by atoms with E-state index in [0.717, 1.165) is 34.9 Å². The van der Waals surface area contributed by atoms with Crippen LogP contribution in [0.3, 0.4) is 0 Å². The monoisotopic (exact) mass is 312 g/mol. The highest BCUT2D eigenvalue weighted by atomic mass is 35.5. The fourth-order valence-electron chi connectivity index (χ4n) is 2.89. The first kappa shape index (κ1) is 15.5. The summed E-state index contributed by atoms with van der Waals surface area (Å²) in [6.45, 7) is 5.33. The van der Waals surface area contributed by atoms with Gasteiger partial charge in [-0.15, -0.1) is 17.9 Å². The summed E-state index contributed by atoms with van der Waals surface area (Å²) in [5, 5.41) is 0. The van der Waals surface area contributed by atoms with Crippen molar-refractivity contribution in [1.29, 1.82) is 0 Å². The van der Waals surface area contributed by atoms with Gasteiger partial charge in [0.2, 0.25) is 5.91 Å². The van der Waals surface area contributed by atoms with Crippen LogP contribution in [-0.4, -0.2) is 23.9 Å². The Morgan fingerprint density at radius 1 is 1.50 bits per heavy atom. The fraction of sp³-hybridized carbons (Fsp3) is 0.533. The first-order chi connectivity index (χ1) is 9.61. The van der Waals surface area contributed by atoms with E-state index in [1.807, 2.05) is 17.0 Å². The van der Waals surface area contributed by atoms with E-state index in [1.165, 1.54) is 11.3 Å². The number of nitrogens with zero attached hydrogens (tertiary/aromatic N) is 1. The molecular formula is C15H21ClN2OS. The maximum absolute atomic E-state index is 12.9. The molecule has 1 heterocycles. The second kappa shape index (κ2) is 6.74. The van der Waals surface area contributed by atoms with E-state index < -0.39 is 0 Å². The molecule has 0 spiro atoms. The molecule has 0 radical (unpaired) electrons. The van der Waals surface area contributed by atoms with E-state index in [-0.39, 0.29) is 11.3 Å². The molecule has 1 aromatic heterocycles. The zero-order chi connectivity index (χ0) is 14.6. The van der Waals surface area contributed by atoms with E-state index in [4.69, 9.17) is 17.3 Å². The van der Waals surface area contributed by atoms with Gasteiger partial charge in [-0.3, -0.25) is 4.79 Å². The Morgan fingerprint density at radius 2 is 2.20 bits per heavy atom. The molecule has 1 fully saturated rings. The number of nitrogens with two attached hydrogens (primary N) is 1. The van der Waals surface area contributed by atoms with Crippen LogP contribution in [0.2, 0.25) is 4.34 Å². The minimum absolute atomic E-state index is 0.168. The van der Waals surface area contributed by atoms with Crippen molar-refractivity contribution in [3.05, 3.63) is 34.0 Å². The molecule has 0 bridgehead atoms. The number of hydrogen-bond acceptors (Lipinski definition) is 3. The van der Waals surface area contributed by atoms with Gasteiger partial charge in [-0.25, -0.2) is 0 Å². The number of amides is 1. The van der Waals surface area contributed by atoms with Crippen LogP contribution in [0.15, 0.2) is 24.8 Å². The van der Waals surface area contributed by atoms with Crippen LogP contribution in [0.1, 0.15) is 30.6 Å². The van der Waals surface area contributed by atoms with E-state index >= 15 is 0 Å². The molecule has 1 saturated carbocycles. The molecule has 1 aromatic rings. The third kappa shape index (κ3) is 3.25. The van der Waals surface area contributed by atoms with Gasteiger partial charge in [0.25, 0.3) is 0 Å². The standard InChI is InChI=1S/C15H21ClN2OS/c1-2-9-18(10-12-5-6-13(16)20-12)14(19)15(11-17)7-3-4-8-15/h2,5-6H,1,3-4,7-11,17H2. The zero-order valence-corrected chi connectivity index (χ0v) is 13.2. The summed E-state index contributed by atoms with van der Waals surface area (Å²) in [4.78, 5) is 15.8. The highest BCUT2D eigenvalue weighted by Crippen LogP contribution is 2.39. The third-order valence-corrected chi connectivity index (χ3v) is 5.23. The molecule has 0 aromatic carbocycles. The Bertz CT molecular complexity index is 480. The molecule has 2 N–H and O–H groups in total. The smallest absolute Gasteiger partial charge is 0.230 e. The van der Waals surface area contributed by atoms with Crippen molar-refractivity contribution in [2.45, 2.75) is 32.2 Å². The molecule has 1 aliphatic rings. The quantitative estimate of drug-likeness (QED) is 0.818. The highest BCUT2D eigenvalue weighted by Gasteiger charge is 2.42. The zero-order valence-electron chi connectivity index (χ0n) is 11.6. The van der Waals surface area contributed by atoms with E-state index in [0.29, 0.717) is 19.6 Å². The van der Waals surface area contributed by atoms with Crippen LogP contribution >= 0.6 is 22.9 Å². The predicted molar refractivity (Wildman–Crippen MR) is 84.9 cm³/mol. The van der Waals surface area contributed by atoms with Gasteiger partial charge in [-0.1, -0.05) is 30.5 Å². The predicted octanol–water partition coefficient (Wildman–Crippen LogP) is 3.44. The number of thiophene rings is 1. The largest absolute Gasteiger partial charge is 0.333 e. The first-order valence-electron chi connectivity index (χ1n) is 6.96. The summed E-state index contributed by atoms with van der Waals surface area (Å²) in [7, 11) is 0. The van der Waals surface area contributed by atoms with Crippen molar-refractivity contribution in [2.75, 3.05) is 13.1 Å². The number of carbonyl (C=O) groups excluding carboxylic acids is 1. The van der Waals surface area contributed by atoms with Gasteiger partial charge >= 0.3 is 0 Å². The minimum atomic E-state index is -0.357. The van der Waals surface area contributed by atoms with Crippen LogP contribution in [0.25, 0.3) is 0 Å². The minimum Gasteiger partial charge on any atom is -0.333 e. The molecule has 0 aliphatic heterocycles. The second-order valence-corrected chi connectivity index (χ2v) is 7.17. The Balaban J connectivity index is 2.14. The molecule has 0 atom stereocenters. The van der Waals surface area contributed by atoms with Crippen molar-refractivity contribution in [2.24, 2.45) is 11.1 Å². The van der Waals surface area contributed by atoms with Crippen molar-refractivity contribution in [3.63, 3.8) is 0 Å². The Morgan fingerprint density at radius 3 is 2.70 bits per heavy atom. The van der Waals surface area contributed by atoms with Gasteiger partial charge < -0.3 is 10.6 Å². The molecule has 1 amide bonds. The van der Waals surface area contributed by atoms with E-state index in [9.17, 15) is 4.79 Å². The van der Waals surface area contributed by atoms with Gasteiger partial charge in [-0.05, 0) is 25.0 Å². The Labute approximate surface area is 129 Å². The third-order valence-electron chi connectivity index (χ3n) is 4.02. The first-order valence-corrected chi connectivity index (χ1v) is 8.15. The molecule has 3 nitrogen and oxygen atoms in total. The summed E-state index contributed by atoms with van der Waals surface area (Å²) < 4.78 is 0.750. The van der Waals surface area contributed by atoms with Crippen LogP contribution in [-0.2, 0) is 11.3 Å². The molecule has 5 heteroatoms. The number of carbonyl (C=O) groups is 1. The normalized spacial score (nSPS) is 17.1. The number of rotatable bonds is 6. The summed E-state index contributed by atoms with van der Waals surface area (Å²) in [5.41, 5.74) is 5.55. The summed E-state index contributed by atoms with van der Waals surface area (Å²) in [6.07, 6.45) is 5.76. The van der Waals surface area contributed by atoms with Crippen LogP contribution < -0.4 is 5.73 Å². The van der Waals surface area contributed by atoms with Crippen molar-refractivity contribution in [1.82, 2.24) is 4.90 Å². The lowest BCUT2D eigenvalue weighted by Crippen LogP contribution is -2.46. The highest BCUT2D eigenvalue weighted by molar-refractivity contribution is 7.16. The summed E-state index contributed by atoms with van der Waals surface area (Å²) >= 11 is 7.47. The SMILES string of the molecule is C=CCN(Cc1ccc(Cl)s1)C(=O)C1(CN)CCCC1. The molecule has 110 valence electrons. The lowest BCUT2D eigenvalue weighted by Gasteiger charge is -2.32. The lowest BCUT2D eigenvalue weighted by atomic mass is 9.84. The topological polar surface area (TPSA) is 46.3 Å². The van der Waals surface area contributed by atoms with Crippen molar-refractivity contribution < 1.29 is 4.79 Å². The molecule has 2 rings (SSSR count). The maximum Gasteiger partial charge on any atom is 0.230 e. The van der Waals surface area contributed by atoms with Gasteiger partial charge in [0.15, 0.2) is 0 Å². The van der Waals surface area contributed by atoms with E-state index in [1.54, 1.807) is 6.08 Å². The maximum atomic E-state index is 12.9. The van der Waals surface area contributed by atoms with Gasteiger partial charge in [0, 0.05) is 18.0 Å². The molecule has 1 aliphatic carbocycles. The molecule has 0 saturated heterocycles. The van der Waals surface area contributed by atoms with Gasteiger partial charge in [0.1, 0.15) is 0 Å². The number of halogens is 1. The van der Waals surface area contributed by atoms with Crippen molar-refractivity contribution in [3.8, 4) is 0 Å². The molecule has 20 heavy (non-hydrogen) atoms. The fourth-order valence-corrected chi connectivity index (χ4v) is 4.00. The average Bonchev–Trinajstić information content (AvgIpc) is 3.07. The Hall–Kier alpha value is -0.840.